The first-order valence-electron chi connectivity index (χ1n) is 8.30. The van der Waals surface area contributed by atoms with Crippen LogP contribution in [0.25, 0.3) is 0 Å². The summed E-state index contributed by atoms with van der Waals surface area (Å²) in [6, 6.07) is 10.7. The summed E-state index contributed by atoms with van der Waals surface area (Å²) in [7, 11) is 0. The van der Waals surface area contributed by atoms with Crippen LogP contribution in [0.1, 0.15) is 49.3 Å². The molecule has 1 unspecified atom stereocenters. The average Bonchev–Trinajstić information content (AvgIpc) is 2.82. The lowest BCUT2D eigenvalue weighted by Gasteiger charge is -2.28. The molecule has 3 rings (SSSR count). The van der Waals surface area contributed by atoms with Gasteiger partial charge in [-0.25, -0.2) is 0 Å². The second-order valence-corrected chi connectivity index (χ2v) is 7.53. The van der Waals surface area contributed by atoms with E-state index in [1.54, 1.807) is 0 Å². The summed E-state index contributed by atoms with van der Waals surface area (Å²) in [5, 5.41) is 0.551. The Labute approximate surface area is 132 Å². The average molecular weight is 303 g/mol. The minimum Gasteiger partial charge on any atom is -0.342 e. The third-order valence-corrected chi connectivity index (χ3v) is 6.11. The Morgan fingerprint density at radius 1 is 1.00 bits per heavy atom. The Morgan fingerprint density at radius 2 is 1.76 bits per heavy atom. The van der Waals surface area contributed by atoms with Crippen LogP contribution in [0.2, 0.25) is 0 Å². The first kappa shape index (κ1) is 15.0. The Hall–Kier alpha value is -0.960. The van der Waals surface area contributed by atoms with Gasteiger partial charge in [-0.05, 0) is 24.8 Å². The number of thioether (sulfide) groups is 1. The van der Waals surface area contributed by atoms with Crippen LogP contribution in [0.15, 0.2) is 30.3 Å². The number of carbonyl (C=O) groups excluding carboxylic acids is 1. The van der Waals surface area contributed by atoms with Crippen LogP contribution in [0.4, 0.5) is 0 Å². The molecule has 0 radical (unpaired) electrons. The van der Waals surface area contributed by atoms with Crippen LogP contribution >= 0.6 is 11.8 Å². The van der Waals surface area contributed by atoms with Crippen molar-refractivity contribution in [2.45, 2.75) is 43.8 Å². The Kier molecular flexibility index (Phi) is 5.23. The molecule has 0 N–H and O–H groups in total. The van der Waals surface area contributed by atoms with E-state index in [4.69, 9.17) is 0 Å². The van der Waals surface area contributed by atoms with E-state index in [0.29, 0.717) is 17.1 Å². The lowest BCUT2D eigenvalue weighted by Crippen LogP contribution is -2.38. The van der Waals surface area contributed by atoms with E-state index in [2.05, 4.69) is 35.2 Å². The van der Waals surface area contributed by atoms with Crippen LogP contribution < -0.4 is 0 Å². The molecule has 1 aromatic carbocycles. The van der Waals surface area contributed by atoms with E-state index in [0.717, 1.165) is 38.1 Å². The van der Waals surface area contributed by atoms with Crippen LogP contribution in [0.5, 0.6) is 0 Å². The van der Waals surface area contributed by atoms with Gasteiger partial charge >= 0.3 is 0 Å². The largest absolute Gasteiger partial charge is 0.342 e. The van der Waals surface area contributed by atoms with Crippen LogP contribution in [-0.4, -0.2) is 29.6 Å². The lowest BCUT2D eigenvalue weighted by molar-refractivity contribution is -0.136. The van der Waals surface area contributed by atoms with Gasteiger partial charge in [-0.2, -0.15) is 11.8 Å². The lowest BCUT2D eigenvalue weighted by atomic mass is 9.88. The van der Waals surface area contributed by atoms with Crippen LogP contribution in [0.3, 0.4) is 0 Å². The third-order valence-electron chi connectivity index (χ3n) is 4.78. The molecule has 3 heteroatoms. The van der Waals surface area contributed by atoms with Gasteiger partial charge in [0.25, 0.3) is 0 Å². The van der Waals surface area contributed by atoms with E-state index in [1.165, 1.54) is 24.8 Å². The van der Waals surface area contributed by atoms with Crippen LogP contribution in [-0.2, 0) is 4.79 Å². The summed E-state index contributed by atoms with van der Waals surface area (Å²) in [5.41, 5.74) is 1.41. The number of benzene rings is 1. The zero-order chi connectivity index (χ0) is 14.5. The summed E-state index contributed by atoms with van der Waals surface area (Å²) in [6.45, 7) is 1.87. The number of nitrogens with zero attached hydrogens (tertiary/aromatic N) is 1. The van der Waals surface area contributed by atoms with Gasteiger partial charge in [-0.15, -0.1) is 0 Å². The van der Waals surface area contributed by atoms with Gasteiger partial charge in [-0.1, -0.05) is 49.6 Å². The van der Waals surface area contributed by atoms with Crippen molar-refractivity contribution in [3.8, 4) is 0 Å². The highest BCUT2D eigenvalue weighted by Crippen LogP contribution is 2.35. The van der Waals surface area contributed by atoms with Crippen molar-refractivity contribution in [3.05, 3.63) is 35.9 Å². The van der Waals surface area contributed by atoms with Crippen molar-refractivity contribution < 1.29 is 4.79 Å². The molecule has 0 aromatic heterocycles. The molecule has 1 aliphatic heterocycles. The second-order valence-electron chi connectivity index (χ2n) is 6.22. The Balaban J connectivity index is 1.59. The third kappa shape index (κ3) is 3.82. The zero-order valence-corrected chi connectivity index (χ0v) is 13.5. The fourth-order valence-electron chi connectivity index (χ4n) is 3.53. The highest BCUT2D eigenvalue weighted by atomic mass is 32.2. The van der Waals surface area contributed by atoms with E-state index >= 15 is 0 Å². The molecule has 2 fully saturated rings. The summed E-state index contributed by atoms with van der Waals surface area (Å²) in [5.74, 6) is 1.82. The van der Waals surface area contributed by atoms with Gasteiger partial charge in [0.1, 0.15) is 0 Å². The van der Waals surface area contributed by atoms with E-state index in [9.17, 15) is 4.79 Å². The minimum atomic E-state index is 0.317. The molecule has 1 amide bonds. The molecule has 1 atom stereocenters. The Morgan fingerprint density at radius 3 is 2.52 bits per heavy atom. The van der Waals surface area contributed by atoms with Crippen LogP contribution in [0, 0.1) is 5.92 Å². The van der Waals surface area contributed by atoms with Gasteiger partial charge in [-0.3, -0.25) is 4.79 Å². The monoisotopic (exact) mass is 303 g/mol. The molecule has 21 heavy (non-hydrogen) atoms. The van der Waals surface area contributed by atoms with Crippen molar-refractivity contribution in [2.24, 2.45) is 5.92 Å². The molecule has 0 bridgehead atoms. The number of hydrogen-bond donors (Lipinski definition) is 0. The van der Waals surface area contributed by atoms with Gasteiger partial charge in [0.15, 0.2) is 0 Å². The topological polar surface area (TPSA) is 20.3 Å². The first-order chi connectivity index (χ1) is 10.3. The van der Waals surface area contributed by atoms with E-state index in [-0.39, 0.29) is 0 Å². The number of hydrogen-bond acceptors (Lipinski definition) is 2. The molecule has 1 heterocycles. The number of carbonyl (C=O) groups is 1. The summed E-state index contributed by atoms with van der Waals surface area (Å²) in [4.78, 5) is 14.8. The van der Waals surface area contributed by atoms with E-state index in [1.807, 2.05) is 11.8 Å². The minimum absolute atomic E-state index is 0.317. The normalized spacial score (nSPS) is 24.6. The molecule has 0 spiro atoms. The molecular formula is C18H25NOS. The number of rotatable bonds is 2. The molecule has 1 saturated carbocycles. The molecule has 2 aliphatic rings. The smallest absolute Gasteiger partial charge is 0.225 e. The van der Waals surface area contributed by atoms with Crippen molar-refractivity contribution >= 4 is 17.7 Å². The predicted octanol–water partition coefficient (Wildman–Crippen LogP) is 4.27. The van der Waals surface area contributed by atoms with Gasteiger partial charge in [0.2, 0.25) is 5.91 Å². The molecule has 1 aromatic rings. The summed E-state index contributed by atoms with van der Waals surface area (Å²) in [6.07, 6.45) is 7.12. The molecule has 2 nitrogen and oxygen atoms in total. The van der Waals surface area contributed by atoms with Gasteiger partial charge in [0.05, 0.1) is 0 Å². The SMILES string of the molecule is O=C(C1CCCCC1)N1CCSC(c2ccccc2)CC1. The van der Waals surface area contributed by atoms with Crippen molar-refractivity contribution in [3.63, 3.8) is 0 Å². The maximum Gasteiger partial charge on any atom is 0.225 e. The fourth-order valence-corrected chi connectivity index (χ4v) is 4.76. The second kappa shape index (κ2) is 7.35. The molecule has 114 valence electrons. The number of amides is 1. The first-order valence-corrected chi connectivity index (χ1v) is 9.35. The van der Waals surface area contributed by atoms with Gasteiger partial charge in [0, 0.05) is 30.0 Å². The molecule has 1 aliphatic carbocycles. The van der Waals surface area contributed by atoms with Crippen molar-refractivity contribution in [1.29, 1.82) is 0 Å². The summed E-state index contributed by atoms with van der Waals surface area (Å²) < 4.78 is 0. The molecular weight excluding hydrogens is 278 g/mol. The zero-order valence-electron chi connectivity index (χ0n) is 12.7. The Bertz CT molecular complexity index is 456. The predicted molar refractivity (Wildman–Crippen MR) is 89.4 cm³/mol. The highest BCUT2D eigenvalue weighted by molar-refractivity contribution is 7.99. The standard InChI is InChI=1S/C18H25NOS/c20-18(16-9-5-2-6-10-16)19-12-11-17(21-14-13-19)15-7-3-1-4-8-15/h1,3-4,7-8,16-17H,2,5-6,9-14H2. The van der Waals surface area contributed by atoms with E-state index < -0.39 is 0 Å². The molecule has 1 saturated heterocycles. The quantitative estimate of drug-likeness (QED) is 0.813. The van der Waals surface area contributed by atoms with Crippen molar-refractivity contribution in [1.82, 2.24) is 4.90 Å². The van der Waals surface area contributed by atoms with Gasteiger partial charge < -0.3 is 4.90 Å². The fraction of sp³-hybridized carbons (Fsp3) is 0.611. The summed E-state index contributed by atoms with van der Waals surface area (Å²) >= 11 is 2.01. The maximum atomic E-state index is 12.7. The maximum absolute atomic E-state index is 12.7. The highest BCUT2D eigenvalue weighted by Gasteiger charge is 2.28. The van der Waals surface area contributed by atoms with Crippen molar-refractivity contribution in [2.75, 3.05) is 18.8 Å².